The standard InChI is InChI=1S/C14H19NO3Si/c1-4-12(15-11(2)16)19(3,13-7-5-9-17-13)14-8-6-10-18-14/h5-10,12H,4H2,1-3H3,(H,15,16). The summed E-state index contributed by atoms with van der Waals surface area (Å²) in [6, 6.07) is 7.70. The number of nitrogens with one attached hydrogen (secondary N) is 1. The molecule has 0 aliphatic carbocycles. The van der Waals surface area contributed by atoms with Gasteiger partial charge in [-0.05, 0) is 30.7 Å². The number of carbonyl (C=O) groups is 1. The highest BCUT2D eigenvalue weighted by Gasteiger charge is 2.45. The van der Waals surface area contributed by atoms with Crippen molar-refractivity contribution in [2.24, 2.45) is 0 Å². The second-order valence-electron chi connectivity index (χ2n) is 4.82. The summed E-state index contributed by atoms with van der Waals surface area (Å²) < 4.78 is 11.3. The molecular weight excluding hydrogens is 258 g/mol. The van der Waals surface area contributed by atoms with Gasteiger partial charge in [0.25, 0.3) is 0 Å². The lowest BCUT2D eigenvalue weighted by molar-refractivity contribution is -0.119. The predicted octanol–water partition coefficient (Wildman–Crippen LogP) is 1.52. The van der Waals surface area contributed by atoms with Crippen molar-refractivity contribution >= 4 is 24.7 Å². The highest BCUT2D eigenvalue weighted by atomic mass is 28.3. The number of carbonyl (C=O) groups excluding carboxylic acids is 1. The maximum absolute atomic E-state index is 11.4. The minimum atomic E-state index is -2.25. The van der Waals surface area contributed by atoms with Crippen molar-refractivity contribution in [2.75, 3.05) is 0 Å². The van der Waals surface area contributed by atoms with Crippen molar-refractivity contribution in [3.63, 3.8) is 0 Å². The Hall–Kier alpha value is -1.75. The van der Waals surface area contributed by atoms with Crippen LogP contribution in [0.5, 0.6) is 0 Å². The summed E-state index contributed by atoms with van der Waals surface area (Å²) >= 11 is 0. The van der Waals surface area contributed by atoms with Crippen LogP contribution in [-0.4, -0.2) is 19.6 Å². The third-order valence-corrected chi connectivity index (χ3v) is 8.11. The lowest BCUT2D eigenvalue weighted by Crippen LogP contribution is -2.68. The maximum atomic E-state index is 11.4. The molecule has 0 saturated carbocycles. The highest BCUT2D eigenvalue weighted by Crippen LogP contribution is 2.14. The topological polar surface area (TPSA) is 55.4 Å². The molecule has 1 amide bonds. The first-order chi connectivity index (χ1) is 9.09. The van der Waals surface area contributed by atoms with Crippen molar-refractivity contribution in [3.8, 4) is 0 Å². The molecule has 2 aromatic heterocycles. The average molecular weight is 277 g/mol. The molecule has 0 fully saturated rings. The van der Waals surface area contributed by atoms with Crippen LogP contribution in [0, 0.1) is 0 Å². The van der Waals surface area contributed by atoms with Gasteiger partial charge >= 0.3 is 0 Å². The van der Waals surface area contributed by atoms with E-state index in [1.165, 1.54) is 0 Å². The van der Waals surface area contributed by atoms with Crippen molar-refractivity contribution in [1.82, 2.24) is 5.32 Å². The summed E-state index contributed by atoms with van der Waals surface area (Å²) in [5.74, 6) is -0.0244. The van der Waals surface area contributed by atoms with Gasteiger partial charge in [0, 0.05) is 12.6 Å². The van der Waals surface area contributed by atoms with Gasteiger partial charge in [-0.25, -0.2) is 0 Å². The first-order valence-electron chi connectivity index (χ1n) is 6.44. The number of rotatable bonds is 5. The van der Waals surface area contributed by atoms with Gasteiger partial charge in [0.1, 0.15) is 0 Å². The van der Waals surface area contributed by atoms with E-state index in [4.69, 9.17) is 8.83 Å². The van der Waals surface area contributed by atoms with Crippen molar-refractivity contribution in [2.45, 2.75) is 32.5 Å². The van der Waals surface area contributed by atoms with Gasteiger partial charge in [0.2, 0.25) is 14.0 Å². The predicted molar refractivity (Wildman–Crippen MR) is 76.2 cm³/mol. The van der Waals surface area contributed by atoms with Crippen LogP contribution in [-0.2, 0) is 4.79 Å². The maximum Gasteiger partial charge on any atom is 0.226 e. The number of hydrogen-bond acceptors (Lipinski definition) is 3. The average Bonchev–Trinajstić information content (AvgIpc) is 3.06. The molecule has 2 aromatic rings. The second kappa shape index (κ2) is 5.48. The third-order valence-electron chi connectivity index (χ3n) is 3.55. The zero-order valence-corrected chi connectivity index (χ0v) is 12.5. The van der Waals surface area contributed by atoms with Crippen LogP contribution in [0.3, 0.4) is 0 Å². The molecule has 102 valence electrons. The van der Waals surface area contributed by atoms with Crippen molar-refractivity contribution < 1.29 is 13.6 Å². The monoisotopic (exact) mass is 277 g/mol. The largest absolute Gasteiger partial charge is 0.474 e. The molecule has 0 saturated heterocycles. The van der Waals surface area contributed by atoms with Gasteiger partial charge in [-0.2, -0.15) is 0 Å². The molecule has 2 heterocycles. The van der Waals surface area contributed by atoms with E-state index in [0.717, 1.165) is 17.2 Å². The molecule has 1 unspecified atom stereocenters. The first kappa shape index (κ1) is 13.7. The van der Waals surface area contributed by atoms with E-state index >= 15 is 0 Å². The molecule has 1 N–H and O–H groups in total. The van der Waals surface area contributed by atoms with Gasteiger partial charge in [0.05, 0.1) is 23.3 Å². The molecule has 0 bridgehead atoms. The molecule has 19 heavy (non-hydrogen) atoms. The molecular formula is C14H19NO3Si. The Morgan fingerprint density at radius 1 is 1.26 bits per heavy atom. The minimum Gasteiger partial charge on any atom is -0.474 e. The Labute approximate surface area is 113 Å². The summed E-state index contributed by atoms with van der Waals surface area (Å²) in [4.78, 5) is 11.4. The summed E-state index contributed by atoms with van der Waals surface area (Å²) in [5.41, 5.74) is 0.0438. The van der Waals surface area contributed by atoms with E-state index in [-0.39, 0.29) is 11.6 Å². The smallest absolute Gasteiger partial charge is 0.226 e. The lowest BCUT2D eigenvalue weighted by atomic mass is 10.4. The van der Waals surface area contributed by atoms with Crippen LogP contribution in [0.2, 0.25) is 6.55 Å². The molecule has 1 atom stereocenters. The summed E-state index contributed by atoms with van der Waals surface area (Å²) in [6.45, 7) is 5.77. The van der Waals surface area contributed by atoms with Gasteiger partial charge in [0.15, 0.2) is 0 Å². The Morgan fingerprint density at radius 2 is 1.79 bits per heavy atom. The Kier molecular flexibility index (Phi) is 3.95. The van der Waals surface area contributed by atoms with Gasteiger partial charge in [-0.1, -0.05) is 13.5 Å². The number of furan rings is 2. The fourth-order valence-electron chi connectivity index (χ4n) is 2.51. The molecule has 0 aliphatic rings. The zero-order valence-electron chi connectivity index (χ0n) is 11.5. The first-order valence-corrected chi connectivity index (χ1v) is 9.01. The SMILES string of the molecule is CCC(NC(C)=O)[Si](C)(c1ccco1)c1ccco1. The summed E-state index contributed by atoms with van der Waals surface area (Å²) in [6.07, 6.45) is 4.18. The van der Waals surface area contributed by atoms with Crippen LogP contribution in [0.4, 0.5) is 0 Å². The minimum absolute atomic E-state index is 0.0244. The van der Waals surface area contributed by atoms with Gasteiger partial charge < -0.3 is 14.2 Å². The van der Waals surface area contributed by atoms with E-state index in [1.54, 1.807) is 19.5 Å². The normalized spacial score (nSPS) is 13.2. The van der Waals surface area contributed by atoms with E-state index in [1.807, 2.05) is 24.3 Å². The molecule has 5 heteroatoms. The van der Waals surface area contributed by atoms with Crippen molar-refractivity contribution in [3.05, 3.63) is 36.8 Å². The molecule has 4 nitrogen and oxygen atoms in total. The zero-order chi connectivity index (χ0) is 13.9. The number of amides is 1. The Morgan fingerprint density at radius 3 is 2.11 bits per heavy atom. The molecule has 2 rings (SSSR count). The fourth-order valence-corrected chi connectivity index (χ4v) is 6.26. The summed E-state index contributed by atoms with van der Waals surface area (Å²) in [7, 11) is -2.25. The van der Waals surface area contributed by atoms with Gasteiger partial charge in [-0.3, -0.25) is 4.79 Å². The van der Waals surface area contributed by atoms with E-state index in [2.05, 4.69) is 18.8 Å². The summed E-state index contributed by atoms with van der Waals surface area (Å²) in [5, 5.41) is 4.89. The Balaban J connectivity index is 2.48. The highest BCUT2D eigenvalue weighted by molar-refractivity contribution is 7.01. The van der Waals surface area contributed by atoms with Crippen LogP contribution in [0.1, 0.15) is 20.3 Å². The number of hydrogen-bond donors (Lipinski definition) is 1. The van der Waals surface area contributed by atoms with Crippen LogP contribution in [0.15, 0.2) is 45.6 Å². The molecule has 0 aliphatic heterocycles. The van der Waals surface area contributed by atoms with Crippen LogP contribution >= 0.6 is 0 Å². The van der Waals surface area contributed by atoms with Crippen molar-refractivity contribution in [1.29, 1.82) is 0 Å². The van der Waals surface area contributed by atoms with Crippen LogP contribution in [0.25, 0.3) is 0 Å². The Bertz CT molecular complexity index is 485. The fraction of sp³-hybridized carbons (Fsp3) is 0.357. The quantitative estimate of drug-likeness (QED) is 0.843. The molecule has 0 radical (unpaired) electrons. The van der Waals surface area contributed by atoms with E-state index in [9.17, 15) is 4.79 Å². The van der Waals surface area contributed by atoms with Gasteiger partial charge in [-0.15, -0.1) is 0 Å². The second-order valence-corrected chi connectivity index (χ2v) is 8.91. The van der Waals surface area contributed by atoms with E-state index < -0.39 is 8.07 Å². The lowest BCUT2D eigenvalue weighted by Gasteiger charge is -2.31. The van der Waals surface area contributed by atoms with E-state index in [0.29, 0.717) is 0 Å². The molecule has 0 aromatic carbocycles. The third kappa shape index (κ3) is 2.51. The molecule has 0 spiro atoms. The van der Waals surface area contributed by atoms with Crippen LogP contribution < -0.4 is 16.1 Å².